The van der Waals surface area contributed by atoms with Crippen molar-refractivity contribution in [1.29, 1.82) is 0 Å². The number of nitrogens with zero attached hydrogens (tertiary/aromatic N) is 4. The van der Waals surface area contributed by atoms with E-state index >= 15 is 0 Å². The van der Waals surface area contributed by atoms with Crippen molar-refractivity contribution in [3.63, 3.8) is 0 Å². The van der Waals surface area contributed by atoms with Crippen LogP contribution in [0.25, 0.3) is 5.13 Å². The lowest BCUT2D eigenvalue weighted by Crippen LogP contribution is -2.29. The molecule has 0 spiro atoms. The summed E-state index contributed by atoms with van der Waals surface area (Å²) in [7, 11) is 0. The first kappa shape index (κ1) is 24.3. The molecule has 1 aliphatic rings. The van der Waals surface area contributed by atoms with Crippen molar-refractivity contribution in [3.8, 4) is 16.6 Å². The van der Waals surface area contributed by atoms with Gasteiger partial charge in [0.15, 0.2) is 10.2 Å². The maximum Gasteiger partial charge on any atom is 0.193 e. The highest BCUT2D eigenvalue weighted by atomic mass is 32.1. The van der Waals surface area contributed by atoms with Crippen LogP contribution >= 0.6 is 23.6 Å². The Labute approximate surface area is 231 Å². The molecule has 4 heterocycles. The van der Waals surface area contributed by atoms with Crippen molar-refractivity contribution < 1.29 is 4.74 Å². The zero-order valence-electron chi connectivity index (χ0n) is 21.3. The molecule has 1 saturated heterocycles. The van der Waals surface area contributed by atoms with Gasteiger partial charge in [0.2, 0.25) is 0 Å². The zero-order valence-corrected chi connectivity index (χ0v) is 23.0. The fraction of sp³-hybridized carbons (Fsp3) is 0.167. The van der Waals surface area contributed by atoms with Crippen LogP contribution in [-0.2, 0) is 0 Å². The van der Waals surface area contributed by atoms with Gasteiger partial charge in [0.25, 0.3) is 0 Å². The highest BCUT2D eigenvalue weighted by molar-refractivity contribution is 7.80. The molecular weight excluding hydrogens is 510 g/mol. The third kappa shape index (κ3) is 4.36. The fourth-order valence-corrected chi connectivity index (χ4v) is 6.23. The van der Waals surface area contributed by atoms with Gasteiger partial charge in [-0.3, -0.25) is 9.55 Å². The molecule has 0 unspecified atom stereocenters. The van der Waals surface area contributed by atoms with E-state index in [-0.39, 0.29) is 12.1 Å². The molecule has 6 nitrogen and oxygen atoms in total. The van der Waals surface area contributed by atoms with Crippen molar-refractivity contribution in [2.45, 2.75) is 32.9 Å². The largest absolute Gasteiger partial charge is 0.457 e. The number of benzene rings is 2. The molecule has 6 rings (SSSR count). The lowest BCUT2D eigenvalue weighted by molar-refractivity contribution is 0.479. The van der Waals surface area contributed by atoms with Crippen molar-refractivity contribution in [1.82, 2.24) is 19.9 Å². The van der Waals surface area contributed by atoms with Crippen LogP contribution in [0, 0.1) is 20.8 Å². The second-order valence-electron chi connectivity index (χ2n) is 9.33. The van der Waals surface area contributed by atoms with E-state index < -0.39 is 0 Å². The number of rotatable bonds is 6. The SMILES string of the molecule is Cc1ccccc1Oc1ccc(N2C(=S)N[C@H](c3ccccn3)[C@H]2c2cc(C)n(-c3nccs3)c2C)cc1. The molecule has 38 heavy (non-hydrogen) atoms. The second-order valence-corrected chi connectivity index (χ2v) is 10.6. The average Bonchev–Trinajstić information content (AvgIpc) is 3.64. The van der Waals surface area contributed by atoms with Gasteiger partial charge in [-0.1, -0.05) is 24.3 Å². The summed E-state index contributed by atoms with van der Waals surface area (Å²) in [5.41, 5.74) is 6.48. The first-order valence-corrected chi connectivity index (χ1v) is 13.7. The van der Waals surface area contributed by atoms with E-state index in [4.69, 9.17) is 21.9 Å². The van der Waals surface area contributed by atoms with Gasteiger partial charge in [0.05, 0.1) is 17.8 Å². The molecule has 0 radical (unpaired) electrons. The third-order valence-corrected chi connectivity index (χ3v) is 8.01. The lowest BCUT2D eigenvalue weighted by Gasteiger charge is -2.28. The summed E-state index contributed by atoms with van der Waals surface area (Å²) in [6.45, 7) is 6.32. The first-order valence-electron chi connectivity index (χ1n) is 12.4. The number of ether oxygens (including phenoxy) is 1. The number of hydrogen-bond acceptors (Lipinski definition) is 5. The number of para-hydroxylation sites is 1. The molecule has 2 aromatic carbocycles. The summed E-state index contributed by atoms with van der Waals surface area (Å²) in [6, 6.07) is 24.2. The predicted molar refractivity (Wildman–Crippen MR) is 157 cm³/mol. The Hall–Kier alpha value is -4.01. The zero-order chi connectivity index (χ0) is 26.2. The number of nitrogens with one attached hydrogen (secondary N) is 1. The van der Waals surface area contributed by atoms with Crippen LogP contribution in [0.2, 0.25) is 0 Å². The Morgan fingerprint density at radius 2 is 1.71 bits per heavy atom. The number of thiazole rings is 1. The van der Waals surface area contributed by atoms with Gasteiger partial charge < -0.3 is 15.0 Å². The quantitative estimate of drug-likeness (QED) is 0.231. The number of anilines is 1. The predicted octanol–water partition coefficient (Wildman–Crippen LogP) is 7.22. The van der Waals surface area contributed by atoms with E-state index in [0.29, 0.717) is 5.11 Å². The Balaban J connectivity index is 1.41. The Morgan fingerprint density at radius 1 is 0.921 bits per heavy atom. The summed E-state index contributed by atoms with van der Waals surface area (Å²) >= 11 is 7.56. The van der Waals surface area contributed by atoms with Crippen molar-refractivity contribution in [2.75, 3.05) is 4.90 Å². The van der Waals surface area contributed by atoms with Crippen LogP contribution in [0.4, 0.5) is 5.69 Å². The molecule has 0 saturated carbocycles. The van der Waals surface area contributed by atoms with E-state index in [2.05, 4.69) is 57.9 Å². The van der Waals surface area contributed by atoms with E-state index in [1.165, 1.54) is 5.56 Å². The van der Waals surface area contributed by atoms with Gasteiger partial charge in [-0.25, -0.2) is 4.98 Å². The Bertz CT molecular complexity index is 1580. The minimum Gasteiger partial charge on any atom is -0.457 e. The smallest absolute Gasteiger partial charge is 0.193 e. The minimum atomic E-state index is -0.114. The maximum absolute atomic E-state index is 6.15. The summed E-state index contributed by atoms with van der Waals surface area (Å²) in [5, 5.41) is 7.19. The first-order chi connectivity index (χ1) is 18.5. The third-order valence-electron chi connectivity index (χ3n) is 6.93. The fourth-order valence-electron chi connectivity index (χ4n) is 5.13. The summed E-state index contributed by atoms with van der Waals surface area (Å²) in [4.78, 5) is 11.5. The number of aryl methyl sites for hydroxylation is 2. The van der Waals surface area contributed by atoms with Crippen molar-refractivity contribution >= 4 is 34.4 Å². The highest BCUT2D eigenvalue weighted by Crippen LogP contribution is 2.44. The van der Waals surface area contributed by atoms with Crippen LogP contribution in [-0.4, -0.2) is 19.6 Å². The number of pyridine rings is 1. The molecule has 2 atom stereocenters. The number of hydrogen-bond donors (Lipinski definition) is 1. The number of aromatic nitrogens is 3. The van der Waals surface area contributed by atoms with Crippen LogP contribution in [0.15, 0.2) is 90.6 Å². The maximum atomic E-state index is 6.15. The molecule has 190 valence electrons. The normalized spacial score (nSPS) is 17.0. The summed E-state index contributed by atoms with van der Waals surface area (Å²) in [5.74, 6) is 1.63. The van der Waals surface area contributed by atoms with Crippen molar-refractivity contribution in [3.05, 3.63) is 119 Å². The van der Waals surface area contributed by atoms with Gasteiger partial charge in [0.1, 0.15) is 11.5 Å². The minimum absolute atomic E-state index is 0.0968. The highest BCUT2D eigenvalue weighted by Gasteiger charge is 2.42. The molecular formula is C30H27N5OS2. The topological polar surface area (TPSA) is 55.2 Å². The number of thiocarbonyl (C=S) groups is 1. The van der Waals surface area contributed by atoms with E-state index in [1.54, 1.807) is 11.3 Å². The summed E-state index contributed by atoms with van der Waals surface area (Å²) in [6.07, 6.45) is 3.67. The standard InChI is InChI=1S/C30H27N5OS2/c1-19-8-4-5-10-26(19)36-23-13-11-22(12-14-23)35-28(27(33-29(35)37)25-9-6-7-15-31-25)24-18-20(2)34(21(24)3)30-32-16-17-38-30/h4-18,27-28H,1-3H3,(H,33,37)/t27-,28-/m1/s1. The monoisotopic (exact) mass is 537 g/mol. The van der Waals surface area contributed by atoms with Gasteiger partial charge in [-0.15, -0.1) is 11.3 Å². The van der Waals surface area contributed by atoms with Crippen LogP contribution in [0.3, 0.4) is 0 Å². The summed E-state index contributed by atoms with van der Waals surface area (Å²) < 4.78 is 8.37. The Morgan fingerprint density at radius 3 is 2.42 bits per heavy atom. The molecule has 1 aliphatic heterocycles. The van der Waals surface area contributed by atoms with Gasteiger partial charge in [-0.05, 0) is 92.6 Å². The van der Waals surface area contributed by atoms with E-state index in [1.807, 2.05) is 73.2 Å². The molecule has 8 heteroatoms. The molecule has 5 aromatic rings. The van der Waals surface area contributed by atoms with E-state index in [0.717, 1.165) is 45.0 Å². The van der Waals surface area contributed by atoms with Crippen LogP contribution < -0.4 is 15.0 Å². The lowest BCUT2D eigenvalue weighted by atomic mass is 9.96. The second kappa shape index (κ2) is 10.0. The molecule has 3 aromatic heterocycles. The molecule has 0 amide bonds. The van der Waals surface area contributed by atoms with Crippen LogP contribution in [0.1, 0.15) is 40.3 Å². The Kier molecular flexibility index (Phi) is 6.43. The molecule has 1 fully saturated rings. The average molecular weight is 538 g/mol. The van der Waals surface area contributed by atoms with Gasteiger partial charge >= 0.3 is 0 Å². The molecule has 0 bridgehead atoms. The molecule has 1 N–H and O–H groups in total. The molecule has 0 aliphatic carbocycles. The van der Waals surface area contributed by atoms with Gasteiger partial charge in [-0.2, -0.15) is 0 Å². The van der Waals surface area contributed by atoms with E-state index in [9.17, 15) is 0 Å². The van der Waals surface area contributed by atoms with Crippen LogP contribution in [0.5, 0.6) is 11.5 Å². The van der Waals surface area contributed by atoms with Gasteiger partial charge in [0, 0.05) is 34.8 Å². The van der Waals surface area contributed by atoms with Crippen molar-refractivity contribution in [2.24, 2.45) is 0 Å².